The number of rotatable bonds is 11. The third-order valence-corrected chi connectivity index (χ3v) is 6.31. The van der Waals surface area contributed by atoms with Crippen LogP contribution in [0.15, 0.2) is 47.6 Å². The molecule has 0 saturated heterocycles. The molecule has 8 nitrogen and oxygen atoms in total. The van der Waals surface area contributed by atoms with Crippen molar-refractivity contribution < 1.29 is 28.5 Å². The summed E-state index contributed by atoms with van der Waals surface area (Å²) in [5, 5.41) is 6.23. The molecule has 1 aliphatic heterocycles. The van der Waals surface area contributed by atoms with E-state index in [0.717, 1.165) is 22.6 Å². The van der Waals surface area contributed by atoms with Gasteiger partial charge in [0.2, 0.25) is 0 Å². The second-order valence-corrected chi connectivity index (χ2v) is 8.53. The van der Waals surface area contributed by atoms with Gasteiger partial charge in [0.1, 0.15) is 5.75 Å². The molecule has 0 bridgehead atoms. The summed E-state index contributed by atoms with van der Waals surface area (Å²) in [6.07, 6.45) is 0.786. The van der Waals surface area contributed by atoms with Gasteiger partial charge in [0.15, 0.2) is 11.5 Å². The average molecular weight is 487 g/mol. The summed E-state index contributed by atoms with van der Waals surface area (Å²) in [5.74, 6) is 2.21. The quantitative estimate of drug-likeness (QED) is 0.349. The second-order valence-electron chi connectivity index (χ2n) is 7.42. The van der Waals surface area contributed by atoms with E-state index < -0.39 is 0 Å². The maximum absolute atomic E-state index is 13.2. The first-order valence-electron chi connectivity index (χ1n) is 11.0. The van der Waals surface area contributed by atoms with E-state index >= 15 is 0 Å². The van der Waals surface area contributed by atoms with Crippen molar-refractivity contribution in [3.05, 3.63) is 53.6 Å². The number of methoxy groups -OCH3 is 3. The monoisotopic (exact) mass is 486 g/mol. The van der Waals surface area contributed by atoms with Crippen LogP contribution in [0.2, 0.25) is 0 Å². The van der Waals surface area contributed by atoms with Crippen molar-refractivity contribution in [2.24, 2.45) is 5.10 Å². The number of ether oxygens (including phenoxy) is 4. The van der Waals surface area contributed by atoms with Crippen LogP contribution in [0, 0.1) is 0 Å². The number of amides is 1. The second kappa shape index (κ2) is 12.3. The predicted molar refractivity (Wildman–Crippen MR) is 132 cm³/mol. The van der Waals surface area contributed by atoms with Crippen LogP contribution in [0.1, 0.15) is 36.9 Å². The van der Waals surface area contributed by atoms with Gasteiger partial charge in [0.25, 0.3) is 5.91 Å². The number of carbonyl (C=O) groups is 2. The molecule has 9 heteroatoms. The largest absolute Gasteiger partial charge is 0.497 e. The summed E-state index contributed by atoms with van der Waals surface area (Å²) in [7, 11) is 4.78. The van der Waals surface area contributed by atoms with Gasteiger partial charge in [-0.25, -0.2) is 5.01 Å². The van der Waals surface area contributed by atoms with E-state index in [0.29, 0.717) is 30.3 Å². The third kappa shape index (κ3) is 6.02. The van der Waals surface area contributed by atoms with Crippen molar-refractivity contribution in [1.82, 2.24) is 5.01 Å². The Labute approximate surface area is 204 Å². The molecule has 0 aliphatic carbocycles. The first-order valence-corrected chi connectivity index (χ1v) is 12.2. The van der Waals surface area contributed by atoms with Crippen molar-refractivity contribution in [2.45, 2.75) is 25.8 Å². The molecule has 1 atom stereocenters. The van der Waals surface area contributed by atoms with E-state index in [1.807, 2.05) is 42.5 Å². The Balaban J connectivity index is 1.84. The number of hydrazone groups is 1. The minimum atomic E-state index is -0.347. The summed E-state index contributed by atoms with van der Waals surface area (Å²) in [5.41, 5.74) is 2.53. The lowest BCUT2D eigenvalue weighted by molar-refractivity contribution is -0.142. The molecule has 0 aromatic heterocycles. The van der Waals surface area contributed by atoms with Crippen LogP contribution in [0.4, 0.5) is 0 Å². The van der Waals surface area contributed by atoms with Gasteiger partial charge in [-0.05, 0) is 42.8 Å². The third-order valence-electron chi connectivity index (χ3n) is 5.36. The van der Waals surface area contributed by atoms with Gasteiger partial charge in [0, 0.05) is 17.7 Å². The topological polar surface area (TPSA) is 86.7 Å². The molecule has 0 N–H and O–H groups in total. The zero-order valence-corrected chi connectivity index (χ0v) is 20.7. The molecule has 0 spiro atoms. The molecule has 34 heavy (non-hydrogen) atoms. The molecule has 2 aromatic rings. The minimum absolute atomic E-state index is 0.146. The number of nitrogens with zero attached hydrogens (tertiary/aromatic N) is 2. The van der Waals surface area contributed by atoms with Gasteiger partial charge in [-0.2, -0.15) is 16.9 Å². The predicted octanol–water partition coefficient (Wildman–Crippen LogP) is 4.08. The molecular formula is C25H30N2O6S. The van der Waals surface area contributed by atoms with Gasteiger partial charge in [-0.3, -0.25) is 9.59 Å². The zero-order chi connectivity index (χ0) is 24.5. The van der Waals surface area contributed by atoms with E-state index in [4.69, 9.17) is 24.0 Å². The van der Waals surface area contributed by atoms with E-state index in [2.05, 4.69) is 0 Å². The van der Waals surface area contributed by atoms with E-state index in [9.17, 15) is 9.59 Å². The number of benzene rings is 2. The number of esters is 1. The van der Waals surface area contributed by atoms with Crippen molar-refractivity contribution in [3.8, 4) is 17.2 Å². The number of hydrogen-bond donors (Lipinski definition) is 0. The highest BCUT2D eigenvalue weighted by Gasteiger charge is 2.35. The summed E-state index contributed by atoms with van der Waals surface area (Å²) in [6, 6.07) is 12.9. The maximum Gasteiger partial charge on any atom is 0.306 e. The molecule has 1 amide bonds. The van der Waals surface area contributed by atoms with Crippen molar-refractivity contribution in [1.29, 1.82) is 0 Å². The lowest BCUT2D eigenvalue weighted by atomic mass is 9.97. The zero-order valence-electron chi connectivity index (χ0n) is 19.9. The summed E-state index contributed by atoms with van der Waals surface area (Å²) < 4.78 is 21.3. The van der Waals surface area contributed by atoms with Crippen LogP contribution >= 0.6 is 11.8 Å². The molecule has 182 valence electrons. The number of para-hydroxylation sites is 1. The Morgan fingerprint density at radius 1 is 1.06 bits per heavy atom. The van der Waals surface area contributed by atoms with Gasteiger partial charge < -0.3 is 18.9 Å². The maximum atomic E-state index is 13.2. The fraction of sp³-hybridized carbons (Fsp3) is 0.400. The average Bonchev–Trinajstić information content (AvgIpc) is 3.31. The molecule has 1 aliphatic rings. The van der Waals surface area contributed by atoms with Gasteiger partial charge >= 0.3 is 5.97 Å². The normalized spacial score (nSPS) is 15.0. The number of carbonyl (C=O) groups excluding carboxylic acids is 2. The summed E-state index contributed by atoms with van der Waals surface area (Å²) >= 11 is 1.39. The highest BCUT2D eigenvalue weighted by molar-refractivity contribution is 7.99. The van der Waals surface area contributed by atoms with Crippen LogP contribution in [-0.4, -0.2) is 62.0 Å². The highest BCUT2D eigenvalue weighted by Crippen LogP contribution is 2.42. The minimum Gasteiger partial charge on any atom is -0.497 e. The van der Waals surface area contributed by atoms with Gasteiger partial charge in [-0.15, -0.1) is 0 Å². The van der Waals surface area contributed by atoms with Gasteiger partial charge in [-0.1, -0.05) is 12.1 Å². The first kappa shape index (κ1) is 25.4. The molecule has 1 heterocycles. The van der Waals surface area contributed by atoms with Crippen LogP contribution < -0.4 is 14.2 Å². The fourth-order valence-electron chi connectivity index (χ4n) is 3.73. The highest BCUT2D eigenvalue weighted by atomic mass is 32.2. The standard InChI is InChI=1S/C25H30N2O6S/c1-5-33-24(29)13-14-34-16-23(28)27-21(19-7-6-8-22(31-3)25(19)32-4)15-20(26-27)17-9-11-18(30-2)12-10-17/h6-12,21H,5,13-16H2,1-4H3/t21-/m1/s1. The summed E-state index contributed by atoms with van der Waals surface area (Å²) in [4.78, 5) is 24.8. The lowest BCUT2D eigenvalue weighted by Gasteiger charge is -2.24. The van der Waals surface area contributed by atoms with E-state index in [1.165, 1.54) is 16.8 Å². The molecule has 0 radical (unpaired) electrons. The van der Waals surface area contributed by atoms with Crippen molar-refractivity contribution in [3.63, 3.8) is 0 Å². The molecule has 0 saturated carbocycles. The van der Waals surface area contributed by atoms with Crippen LogP contribution in [-0.2, 0) is 14.3 Å². The molecule has 2 aromatic carbocycles. The Kier molecular flexibility index (Phi) is 9.21. The number of hydrogen-bond acceptors (Lipinski definition) is 8. The molecular weight excluding hydrogens is 456 g/mol. The van der Waals surface area contributed by atoms with E-state index in [1.54, 1.807) is 28.3 Å². The molecule has 0 unspecified atom stereocenters. The Morgan fingerprint density at radius 2 is 1.82 bits per heavy atom. The fourth-order valence-corrected chi connectivity index (χ4v) is 4.49. The van der Waals surface area contributed by atoms with Crippen molar-refractivity contribution >= 4 is 29.4 Å². The number of thioether (sulfide) groups is 1. The first-order chi connectivity index (χ1) is 16.5. The Bertz CT molecular complexity index is 1020. The SMILES string of the molecule is CCOC(=O)CCSCC(=O)N1N=C(c2ccc(OC)cc2)C[C@@H]1c1cccc(OC)c1OC. The van der Waals surface area contributed by atoms with Crippen LogP contribution in [0.25, 0.3) is 0 Å². The van der Waals surface area contributed by atoms with Crippen molar-refractivity contribution in [2.75, 3.05) is 39.4 Å². The van der Waals surface area contributed by atoms with Crippen LogP contribution in [0.3, 0.4) is 0 Å². The Hall–Kier alpha value is -3.20. The van der Waals surface area contributed by atoms with Crippen LogP contribution in [0.5, 0.6) is 17.2 Å². The molecule has 0 fully saturated rings. The van der Waals surface area contributed by atoms with E-state index in [-0.39, 0.29) is 30.1 Å². The Morgan fingerprint density at radius 3 is 2.47 bits per heavy atom. The smallest absolute Gasteiger partial charge is 0.306 e. The van der Waals surface area contributed by atoms with Gasteiger partial charge in [0.05, 0.1) is 51.9 Å². The molecule has 3 rings (SSSR count). The summed E-state index contributed by atoms with van der Waals surface area (Å²) in [6.45, 7) is 2.12. The lowest BCUT2D eigenvalue weighted by Crippen LogP contribution is -2.29.